The second-order valence-electron chi connectivity index (χ2n) is 6.29. The number of carbonyl (C=O) groups excluding carboxylic acids is 3. The van der Waals surface area contributed by atoms with Gasteiger partial charge in [0.1, 0.15) is 0 Å². The number of pyridine rings is 1. The highest BCUT2D eigenvalue weighted by Crippen LogP contribution is 2.17. The van der Waals surface area contributed by atoms with Crippen molar-refractivity contribution in [2.24, 2.45) is 5.92 Å². The van der Waals surface area contributed by atoms with Gasteiger partial charge in [0, 0.05) is 18.9 Å². The third kappa shape index (κ3) is 5.64. The number of benzene rings is 1. The van der Waals surface area contributed by atoms with E-state index in [1.54, 1.807) is 31.2 Å². The second-order valence-corrected chi connectivity index (χ2v) is 6.29. The molecule has 0 aliphatic rings. The summed E-state index contributed by atoms with van der Waals surface area (Å²) in [5.74, 6) is -0.975. The van der Waals surface area contributed by atoms with Crippen LogP contribution in [0.5, 0.6) is 0 Å². The van der Waals surface area contributed by atoms with Crippen LogP contribution in [0.25, 0.3) is 0 Å². The van der Waals surface area contributed by atoms with E-state index >= 15 is 0 Å². The van der Waals surface area contributed by atoms with E-state index in [1.807, 2.05) is 13.8 Å². The molecule has 27 heavy (non-hydrogen) atoms. The first-order valence-electron chi connectivity index (χ1n) is 8.73. The number of ether oxygens (including phenoxy) is 1. The minimum atomic E-state index is -0.520. The SMILES string of the molecule is CCOC(=O)c1ccccc1NC(=O)c1cncc(C(=O)NCC(C)C)c1. The molecule has 1 aromatic carbocycles. The van der Waals surface area contributed by atoms with Crippen LogP contribution in [-0.4, -0.2) is 35.9 Å². The van der Waals surface area contributed by atoms with Crippen molar-refractivity contribution >= 4 is 23.5 Å². The maximum absolute atomic E-state index is 12.6. The highest BCUT2D eigenvalue weighted by molar-refractivity contribution is 6.08. The number of esters is 1. The molecule has 0 unspecified atom stereocenters. The maximum atomic E-state index is 12.6. The molecule has 0 saturated carbocycles. The molecule has 7 nitrogen and oxygen atoms in total. The number of anilines is 1. The zero-order valence-electron chi connectivity index (χ0n) is 15.6. The van der Waals surface area contributed by atoms with Crippen molar-refractivity contribution in [3.8, 4) is 0 Å². The van der Waals surface area contributed by atoms with E-state index in [0.29, 0.717) is 23.7 Å². The highest BCUT2D eigenvalue weighted by Gasteiger charge is 2.16. The average Bonchev–Trinajstić information content (AvgIpc) is 2.66. The predicted octanol–water partition coefficient (Wildman–Crippen LogP) is 2.90. The molecule has 0 radical (unpaired) electrons. The van der Waals surface area contributed by atoms with Gasteiger partial charge in [-0.05, 0) is 31.0 Å². The van der Waals surface area contributed by atoms with E-state index in [4.69, 9.17) is 4.74 Å². The average molecular weight is 369 g/mol. The van der Waals surface area contributed by atoms with Gasteiger partial charge in [-0.15, -0.1) is 0 Å². The van der Waals surface area contributed by atoms with Gasteiger partial charge in [-0.3, -0.25) is 14.6 Å². The molecule has 2 amide bonds. The van der Waals surface area contributed by atoms with Crippen molar-refractivity contribution in [3.63, 3.8) is 0 Å². The molecule has 0 aliphatic heterocycles. The van der Waals surface area contributed by atoms with Gasteiger partial charge < -0.3 is 15.4 Å². The van der Waals surface area contributed by atoms with Gasteiger partial charge >= 0.3 is 5.97 Å². The van der Waals surface area contributed by atoms with Crippen LogP contribution >= 0.6 is 0 Å². The number of nitrogens with zero attached hydrogens (tertiary/aromatic N) is 1. The Balaban J connectivity index is 2.17. The van der Waals surface area contributed by atoms with Crippen LogP contribution in [0.1, 0.15) is 51.8 Å². The summed E-state index contributed by atoms with van der Waals surface area (Å²) in [6.45, 7) is 6.45. The molecule has 2 N–H and O–H groups in total. The minimum absolute atomic E-state index is 0.214. The summed E-state index contributed by atoms with van der Waals surface area (Å²) in [6, 6.07) is 8.03. The van der Waals surface area contributed by atoms with Gasteiger partial charge in [0.15, 0.2) is 0 Å². The van der Waals surface area contributed by atoms with Gasteiger partial charge in [0.25, 0.3) is 11.8 Å². The molecule has 7 heteroatoms. The zero-order chi connectivity index (χ0) is 19.8. The van der Waals surface area contributed by atoms with E-state index < -0.39 is 11.9 Å². The normalized spacial score (nSPS) is 10.4. The number of rotatable bonds is 7. The Morgan fingerprint density at radius 3 is 2.41 bits per heavy atom. The Labute approximate surface area is 158 Å². The summed E-state index contributed by atoms with van der Waals surface area (Å²) in [5.41, 5.74) is 1.09. The van der Waals surface area contributed by atoms with Crippen LogP contribution in [0.3, 0.4) is 0 Å². The number of para-hydroxylation sites is 1. The van der Waals surface area contributed by atoms with Crippen LogP contribution in [0.4, 0.5) is 5.69 Å². The first-order chi connectivity index (χ1) is 12.9. The van der Waals surface area contributed by atoms with E-state index in [9.17, 15) is 14.4 Å². The van der Waals surface area contributed by atoms with Gasteiger partial charge in [0.2, 0.25) is 0 Å². The Kier molecular flexibility index (Phi) is 7.05. The van der Waals surface area contributed by atoms with Gasteiger partial charge in [-0.1, -0.05) is 26.0 Å². The van der Waals surface area contributed by atoms with Crippen molar-refractivity contribution in [2.45, 2.75) is 20.8 Å². The largest absolute Gasteiger partial charge is 0.462 e. The third-order valence-electron chi connectivity index (χ3n) is 3.60. The molecule has 1 aromatic heterocycles. The van der Waals surface area contributed by atoms with E-state index in [-0.39, 0.29) is 23.6 Å². The lowest BCUT2D eigenvalue weighted by molar-refractivity contribution is 0.0527. The van der Waals surface area contributed by atoms with E-state index in [0.717, 1.165) is 0 Å². The fourth-order valence-electron chi connectivity index (χ4n) is 2.26. The molecular weight excluding hydrogens is 346 g/mol. The maximum Gasteiger partial charge on any atom is 0.340 e. The van der Waals surface area contributed by atoms with Crippen LogP contribution in [0.2, 0.25) is 0 Å². The van der Waals surface area contributed by atoms with Crippen LogP contribution in [0, 0.1) is 5.92 Å². The van der Waals surface area contributed by atoms with Gasteiger partial charge in [-0.2, -0.15) is 0 Å². The first-order valence-corrected chi connectivity index (χ1v) is 8.73. The monoisotopic (exact) mass is 369 g/mol. The molecule has 1 heterocycles. The zero-order valence-corrected chi connectivity index (χ0v) is 15.6. The standard InChI is InChI=1S/C20H23N3O4/c1-4-27-20(26)16-7-5-6-8-17(16)23-19(25)15-9-14(11-21-12-15)18(24)22-10-13(2)3/h5-9,11-13H,4,10H2,1-3H3,(H,22,24)(H,23,25). The Morgan fingerprint density at radius 2 is 1.74 bits per heavy atom. The Morgan fingerprint density at radius 1 is 1.07 bits per heavy atom. The molecule has 142 valence electrons. The lowest BCUT2D eigenvalue weighted by atomic mass is 10.1. The summed E-state index contributed by atoms with van der Waals surface area (Å²) in [6.07, 6.45) is 2.76. The van der Waals surface area contributed by atoms with Crippen LogP contribution in [-0.2, 0) is 4.74 Å². The first kappa shape index (κ1) is 20.1. The highest BCUT2D eigenvalue weighted by atomic mass is 16.5. The third-order valence-corrected chi connectivity index (χ3v) is 3.60. The topological polar surface area (TPSA) is 97.4 Å². The van der Waals surface area contributed by atoms with Crippen molar-refractivity contribution in [1.29, 1.82) is 0 Å². The van der Waals surface area contributed by atoms with Crippen molar-refractivity contribution < 1.29 is 19.1 Å². The number of amides is 2. The summed E-state index contributed by atoms with van der Waals surface area (Å²) >= 11 is 0. The molecule has 0 fully saturated rings. The summed E-state index contributed by atoms with van der Waals surface area (Å²) in [7, 11) is 0. The molecule has 0 saturated heterocycles. The Hall–Kier alpha value is -3.22. The number of carbonyl (C=O) groups is 3. The summed E-state index contributed by atoms with van der Waals surface area (Å²) in [5, 5.41) is 5.45. The van der Waals surface area contributed by atoms with E-state index in [2.05, 4.69) is 15.6 Å². The number of nitrogens with one attached hydrogen (secondary N) is 2. The molecule has 2 rings (SSSR count). The quantitative estimate of drug-likeness (QED) is 0.732. The fraction of sp³-hybridized carbons (Fsp3) is 0.300. The van der Waals surface area contributed by atoms with Crippen molar-refractivity contribution in [2.75, 3.05) is 18.5 Å². The van der Waals surface area contributed by atoms with Crippen LogP contribution in [0.15, 0.2) is 42.7 Å². The predicted molar refractivity (Wildman–Crippen MR) is 102 cm³/mol. The lowest BCUT2D eigenvalue weighted by Gasteiger charge is -2.11. The molecule has 2 aromatic rings. The Bertz CT molecular complexity index is 833. The van der Waals surface area contributed by atoms with Gasteiger partial charge in [0.05, 0.1) is 29.0 Å². The fourth-order valence-corrected chi connectivity index (χ4v) is 2.26. The van der Waals surface area contributed by atoms with E-state index in [1.165, 1.54) is 18.5 Å². The van der Waals surface area contributed by atoms with Gasteiger partial charge in [-0.25, -0.2) is 4.79 Å². The lowest BCUT2D eigenvalue weighted by Crippen LogP contribution is -2.27. The molecule has 0 bridgehead atoms. The number of hydrogen-bond donors (Lipinski definition) is 2. The number of aromatic nitrogens is 1. The molecule has 0 atom stereocenters. The summed E-state index contributed by atoms with van der Waals surface area (Å²) < 4.78 is 5.00. The number of hydrogen-bond acceptors (Lipinski definition) is 5. The summed E-state index contributed by atoms with van der Waals surface area (Å²) in [4.78, 5) is 40.7. The molecule has 0 aliphatic carbocycles. The van der Waals surface area contributed by atoms with Crippen LogP contribution < -0.4 is 10.6 Å². The molecule has 0 spiro atoms. The van der Waals surface area contributed by atoms with Crippen molar-refractivity contribution in [1.82, 2.24) is 10.3 Å². The smallest absolute Gasteiger partial charge is 0.340 e. The second kappa shape index (κ2) is 9.47. The molecular formula is C20H23N3O4. The minimum Gasteiger partial charge on any atom is -0.462 e. The van der Waals surface area contributed by atoms with Crippen molar-refractivity contribution in [3.05, 3.63) is 59.4 Å².